The van der Waals surface area contributed by atoms with Gasteiger partial charge in [-0.25, -0.2) is 0 Å². The first-order valence-corrected chi connectivity index (χ1v) is 6.71. The lowest BCUT2D eigenvalue weighted by Crippen LogP contribution is -2.60. The smallest absolute Gasteiger partial charge is 0.280 e. The molecule has 2 rings (SSSR count). The molecule has 1 aromatic rings. The molecular weight excluding hydrogens is 278 g/mol. The monoisotopic (exact) mass is 295 g/mol. The maximum absolute atomic E-state index is 11.0. The van der Waals surface area contributed by atoms with Crippen LogP contribution in [0.4, 0.5) is 11.4 Å². The molecule has 1 aliphatic heterocycles. The van der Waals surface area contributed by atoms with Crippen molar-refractivity contribution in [2.45, 2.75) is 31.9 Å². The normalized spacial score (nSPS) is 17.2. The number of hydrogen-bond donors (Lipinski definition) is 1. The van der Waals surface area contributed by atoms with E-state index in [0.29, 0.717) is 31.6 Å². The number of non-ortho nitro benzene ring substituents is 1. The Bertz CT molecular complexity index is 569. The summed E-state index contributed by atoms with van der Waals surface area (Å²) in [4.78, 5) is 22.3. The Balaban J connectivity index is 2.11. The molecule has 0 bridgehead atoms. The SMILES string of the molecule is CCCC1(O)CN(Cc2ccc([N+](=O)[O-])cc2[N+](=O)[O-])C1. The molecule has 0 spiro atoms. The van der Waals surface area contributed by atoms with Gasteiger partial charge < -0.3 is 5.11 Å². The predicted octanol–water partition coefficient (Wildman–Crippen LogP) is 1.85. The Morgan fingerprint density at radius 2 is 1.95 bits per heavy atom. The molecule has 114 valence electrons. The highest BCUT2D eigenvalue weighted by Gasteiger charge is 2.40. The minimum Gasteiger partial charge on any atom is -0.387 e. The van der Waals surface area contributed by atoms with Crippen molar-refractivity contribution >= 4 is 11.4 Å². The van der Waals surface area contributed by atoms with Gasteiger partial charge in [0.2, 0.25) is 0 Å². The molecule has 21 heavy (non-hydrogen) atoms. The zero-order valence-corrected chi connectivity index (χ0v) is 11.7. The van der Waals surface area contributed by atoms with E-state index in [2.05, 4.69) is 0 Å². The van der Waals surface area contributed by atoms with Crippen LogP contribution >= 0.6 is 0 Å². The fourth-order valence-corrected chi connectivity index (χ4v) is 2.73. The Kier molecular flexibility index (Phi) is 4.19. The molecule has 1 fully saturated rings. The molecule has 0 aromatic heterocycles. The van der Waals surface area contributed by atoms with E-state index >= 15 is 0 Å². The van der Waals surface area contributed by atoms with Crippen LogP contribution in [-0.2, 0) is 6.54 Å². The molecule has 1 heterocycles. The first-order chi connectivity index (χ1) is 9.84. The van der Waals surface area contributed by atoms with Gasteiger partial charge in [-0.05, 0) is 12.5 Å². The topological polar surface area (TPSA) is 110 Å². The van der Waals surface area contributed by atoms with E-state index in [1.54, 1.807) is 0 Å². The van der Waals surface area contributed by atoms with Gasteiger partial charge in [0.25, 0.3) is 11.4 Å². The van der Waals surface area contributed by atoms with Crippen molar-refractivity contribution in [2.24, 2.45) is 0 Å². The zero-order chi connectivity index (χ0) is 15.6. The molecule has 1 aromatic carbocycles. The summed E-state index contributed by atoms with van der Waals surface area (Å²) >= 11 is 0. The van der Waals surface area contributed by atoms with Crippen molar-refractivity contribution in [1.29, 1.82) is 0 Å². The molecule has 0 aliphatic carbocycles. The number of likely N-dealkylation sites (tertiary alicyclic amines) is 1. The number of rotatable bonds is 6. The van der Waals surface area contributed by atoms with Crippen LogP contribution in [0.3, 0.4) is 0 Å². The Morgan fingerprint density at radius 3 is 2.48 bits per heavy atom. The van der Waals surface area contributed by atoms with E-state index in [0.717, 1.165) is 12.5 Å². The highest BCUT2D eigenvalue weighted by Crippen LogP contribution is 2.31. The van der Waals surface area contributed by atoms with Crippen LogP contribution in [0.1, 0.15) is 25.3 Å². The molecule has 0 radical (unpaired) electrons. The Labute approximate surface area is 121 Å². The third-order valence-corrected chi connectivity index (χ3v) is 3.62. The quantitative estimate of drug-likeness (QED) is 0.633. The van der Waals surface area contributed by atoms with Gasteiger partial charge in [0.05, 0.1) is 21.5 Å². The maximum atomic E-state index is 11.0. The van der Waals surface area contributed by atoms with E-state index in [1.807, 2.05) is 11.8 Å². The lowest BCUT2D eigenvalue weighted by molar-refractivity contribution is -0.394. The van der Waals surface area contributed by atoms with Crippen LogP contribution < -0.4 is 0 Å². The third kappa shape index (κ3) is 3.34. The molecule has 0 saturated carbocycles. The number of aliphatic hydroxyl groups is 1. The lowest BCUT2D eigenvalue weighted by Gasteiger charge is -2.46. The van der Waals surface area contributed by atoms with Crippen LogP contribution in [0, 0.1) is 20.2 Å². The molecule has 0 amide bonds. The Morgan fingerprint density at radius 1 is 1.29 bits per heavy atom. The average Bonchev–Trinajstić information content (AvgIpc) is 2.37. The van der Waals surface area contributed by atoms with Gasteiger partial charge in [-0.1, -0.05) is 13.3 Å². The van der Waals surface area contributed by atoms with Crippen LogP contribution in [0.5, 0.6) is 0 Å². The van der Waals surface area contributed by atoms with Gasteiger partial charge in [-0.3, -0.25) is 25.1 Å². The first kappa shape index (κ1) is 15.3. The van der Waals surface area contributed by atoms with Gasteiger partial charge in [0.1, 0.15) is 0 Å². The lowest BCUT2D eigenvalue weighted by atomic mass is 9.89. The maximum Gasteiger partial charge on any atom is 0.280 e. The molecule has 1 N–H and O–H groups in total. The fourth-order valence-electron chi connectivity index (χ4n) is 2.73. The van der Waals surface area contributed by atoms with Gasteiger partial charge in [-0.2, -0.15) is 0 Å². The number of nitrogens with zero attached hydrogens (tertiary/aromatic N) is 3. The molecule has 1 saturated heterocycles. The summed E-state index contributed by atoms with van der Waals surface area (Å²) in [6.45, 7) is 3.23. The second-order valence-electron chi connectivity index (χ2n) is 5.45. The minimum atomic E-state index is -0.704. The molecule has 1 aliphatic rings. The number of nitro groups is 2. The number of hydrogen-bond acceptors (Lipinski definition) is 6. The van der Waals surface area contributed by atoms with Crippen LogP contribution in [-0.4, -0.2) is 38.5 Å². The number of β-amino-alcohol motifs (C(OH)–C–C–N with tert-alkyl or cyclic N) is 1. The van der Waals surface area contributed by atoms with Crippen LogP contribution in [0.2, 0.25) is 0 Å². The highest BCUT2D eigenvalue weighted by atomic mass is 16.6. The van der Waals surface area contributed by atoms with Crippen molar-refractivity contribution in [2.75, 3.05) is 13.1 Å². The summed E-state index contributed by atoms with van der Waals surface area (Å²) in [5, 5.41) is 31.8. The second-order valence-corrected chi connectivity index (χ2v) is 5.45. The second kappa shape index (κ2) is 5.74. The van der Waals surface area contributed by atoms with Crippen molar-refractivity contribution in [3.8, 4) is 0 Å². The summed E-state index contributed by atoms with van der Waals surface area (Å²) in [6, 6.07) is 3.65. The van der Waals surface area contributed by atoms with E-state index in [9.17, 15) is 25.3 Å². The molecular formula is C13H17N3O5. The summed E-state index contributed by atoms with van der Waals surface area (Å²) in [7, 11) is 0. The van der Waals surface area contributed by atoms with Crippen molar-refractivity contribution in [3.63, 3.8) is 0 Å². The van der Waals surface area contributed by atoms with Crippen molar-refractivity contribution in [3.05, 3.63) is 44.0 Å². The van der Waals surface area contributed by atoms with E-state index in [1.165, 1.54) is 12.1 Å². The van der Waals surface area contributed by atoms with E-state index < -0.39 is 15.4 Å². The first-order valence-electron chi connectivity index (χ1n) is 6.71. The predicted molar refractivity (Wildman–Crippen MR) is 74.9 cm³/mol. The van der Waals surface area contributed by atoms with Gasteiger partial charge in [-0.15, -0.1) is 0 Å². The van der Waals surface area contributed by atoms with E-state index in [-0.39, 0.29) is 11.4 Å². The molecule has 8 nitrogen and oxygen atoms in total. The minimum absolute atomic E-state index is 0.255. The summed E-state index contributed by atoms with van der Waals surface area (Å²) in [6.07, 6.45) is 1.58. The van der Waals surface area contributed by atoms with Crippen molar-refractivity contribution in [1.82, 2.24) is 4.90 Å². The largest absolute Gasteiger partial charge is 0.387 e. The van der Waals surface area contributed by atoms with Crippen molar-refractivity contribution < 1.29 is 15.0 Å². The van der Waals surface area contributed by atoms with Gasteiger partial charge in [0, 0.05) is 31.3 Å². The van der Waals surface area contributed by atoms with Crippen LogP contribution in [0.15, 0.2) is 18.2 Å². The van der Waals surface area contributed by atoms with Crippen LogP contribution in [0.25, 0.3) is 0 Å². The Hall–Kier alpha value is -2.06. The standard InChI is InChI=1S/C13H17N3O5/c1-2-5-13(17)8-14(9-13)7-10-3-4-11(15(18)19)6-12(10)16(20)21/h3-4,6,17H,2,5,7-9H2,1H3. The third-order valence-electron chi connectivity index (χ3n) is 3.62. The van der Waals surface area contributed by atoms with E-state index in [4.69, 9.17) is 0 Å². The molecule has 0 atom stereocenters. The number of nitro benzene ring substituents is 2. The van der Waals surface area contributed by atoms with Gasteiger partial charge in [0.15, 0.2) is 0 Å². The highest BCUT2D eigenvalue weighted by molar-refractivity contribution is 5.49. The summed E-state index contributed by atoms with van der Waals surface area (Å²) in [5.41, 5.74) is -0.833. The fraction of sp³-hybridized carbons (Fsp3) is 0.538. The van der Waals surface area contributed by atoms with Gasteiger partial charge >= 0.3 is 0 Å². The molecule has 8 heteroatoms. The zero-order valence-electron chi connectivity index (χ0n) is 11.7. The summed E-state index contributed by atoms with van der Waals surface area (Å²) < 4.78 is 0. The summed E-state index contributed by atoms with van der Waals surface area (Å²) in [5.74, 6) is 0. The molecule has 0 unspecified atom stereocenters. The number of benzene rings is 1. The average molecular weight is 295 g/mol.